The molecular formula is C18H18N4O3. The molecule has 7 heteroatoms. The van der Waals surface area contributed by atoms with E-state index in [1.54, 1.807) is 35.4 Å². The van der Waals surface area contributed by atoms with E-state index in [-0.39, 0.29) is 18.2 Å². The quantitative estimate of drug-likeness (QED) is 0.685. The molecule has 0 spiro atoms. The van der Waals surface area contributed by atoms with E-state index in [4.69, 9.17) is 4.42 Å². The molecule has 0 radical (unpaired) electrons. The van der Waals surface area contributed by atoms with Crippen molar-refractivity contribution in [3.05, 3.63) is 78.8 Å². The molecule has 1 aromatic carbocycles. The van der Waals surface area contributed by atoms with Crippen LogP contribution in [0.15, 0.2) is 71.9 Å². The van der Waals surface area contributed by atoms with Crippen LogP contribution in [0.25, 0.3) is 0 Å². The number of imidazole rings is 1. The Bertz CT molecular complexity index is 798. The van der Waals surface area contributed by atoms with Gasteiger partial charge in [0.1, 0.15) is 6.04 Å². The fourth-order valence-corrected chi connectivity index (χ4v) is 2.35. The van der Waals surface area contributed by atoms with E-state index in [9.17, 15) is 9.59 Å². The number of amides is 2. The Morgan fingerprint density at radius 2 is 2.00 bits per heavy atom. The maximum Gasteiger partial charge on any atom is 0.287 e. The summed E-state index contributed by atoms with van der Waals surface area (Å²) < 4.78 is 6.81. The second kappa shape index (κ2) is 7.96. The fraction of sp³-hybridized carbons (Fsp3) is 0.167. The van der Waals surface area contributed by atoms with Crippen LogP contribution in [0.4, 0.5) is 0 Å². The summed E-state index contributed by atoms with van der Waals surface area (Å²) in [4.78, 5) is 28.7. The molecule has 0 aliphatic heterocycles. The fourth-order valence-electron chi connectivity index (χ4n) is 2.35. The highest BCUT2D eigenvalue weighted by molar-refractivity contribution is 5.95. The maximum atomic E-state index is 12.6. The SMILES string of the molecule is O=C(N[C@@H](Cn1ccnc1)C(=O)NCc1ccccc1)c1ccco1. The van der Waals surface area contributed by atoms with Crippen molar-refractivity contribution in [1.29, 1.82) is 0 Å². The first-order valence-corrected chi connectivity index (χ1v) is 7.84. The van der Waals surface area contributed by atoms with Gasteiger partial charge in [-0.15, -0.1) is 0 Å². The molecule has 0 aliphatic carbocycles. The predicted octanol–water partition coefficient (Wildman–Crippen LogP) is 1.59. The van der Waals surface area contributed by atoms with Gasteiger partial charge in [-0.25, -0.2) is 4.98 Å². The van der Waals surface area contributed by atoms with Crippen LogP contribution in [0.1, 0.15) is 16.1 Å². The third-order valence-corrected chi connectivity index (χ3v) is 3.63. The summed E-state index contributed by atoms with van der Waals surface area (Å²) in [6, 6.07) is 12.0. The molecule has 2 heterocycles. The van der Waals surface area contributed by atoms with E-state index in [1.807, 2.05) is 30.3 Å². The highest BCUT2D eigenvalue weighted by Crippen LogP contribution is 2.03. The van der Waals surface area contributed by atoms with Crippen LogP contribution in [-0.2, 0) is 17.9 Å². The lowest BCUT2D eigenvalue weighted by Crippen LogP contribution is -2.48. The molecule has 2 aromatic heterocycles. The van der Waals surface area contributed by atoms with Crippen molar-refractivity contribution in [3.8, 4) is 0 Å². The molecule has 0 fully saturated rings. The number of aromatic nitrogens is 2. The zero-order chi connectivity index (χ0) is 17.5. The summed E-state index contributed by atoms with van der Waals surface area (Å²) in [7, 11) is 0. The van der Waals surface area contributed by atoms with E-state index in [2.05, 4.69) is 15.6 Å². The Hall–Kier alpha value is -3.35. The van der Waals surface area contributed by atoms with Gasteiger partial charge in [-0.2, -0.15) is 0 Å². The molecule has 0 aliphatic rings. The van der Waals surface area contributed by atoms with Gasteiger partial charge in [0, 0.05) is 18.9 Å². The molecule has 0 saturated heterocycles. The Balaban J connectivity index is 1.66. The summed E-state index contributed by atoms with van der Waals surface area (Å²) >= 11 is 0. The van der Waals surface area contributed by atoms with Gasteiger partial charge in [-0.3, -0.25) is 9.59 Å². The van der Waals surface area contributed by atoms with Crippen LogP contribution in [0.3, 0.4) is 0 Å². The topological polar surface area (TPSA) is 89.2 Å². The Morgan fingerprint density at radius 1 is 1.16 bits per heavy atom. The van der Waals surface area contributed by atoms with Crippen LogP contribution in [0.2, 0.25) is 0 Å². The van der Waals surface area contributed by atoms with E-state index >= 15 is 0 Å². The summed E-state index contributed by atoms with van der Waals surface area (Å²) in [6.45, 7) is 0.657. The van der Waals surface area contributed by atoms with Gasteiger partial charge in [0.15, 0.2) is 5.76 Å². The number of nitrogens with one attached hydrogen (secondary N) is 2. The number of nitrogens with zero attached hydrogens (tertiary/aromatic N) is 2. The maximum absolute atomic E-state index is 12.6. The molecule has 3 aromatic rings. The Kier molecular flexibility index (Phi) is 5.26. The first-order valence-electron chi connectivity index (χ1n) is 7.84. The summed E-state index contributed by atoms with van der Waals surface area (Å²) in [5.41, 5.74) is 0.981. The van der Waals surface area contributed by atoms with Crippen molar-refractivity contribution >= 4 is 11.8 Å². The summed E-state index contributed by atoms with van der Waals surface area (Å²) in [5.74, 6) is -0.561. The molecule has 0 bridgehead atoms. The number of rotatable bonds is 7. The molecule has 3 rings (SSSR count). The summed E-state index contributed by atoms with van der Waals surface area (Å²) in [5, 5.41) is 5.54. The second-order valence-electron chi connectivity index (χ2n) is 5.47. The van der Waals surface area contributed by atoms with Crippen LogP contribution < -0.4 is 10.6 Å². The number of carbonyl (C=O) groups is 2. The molecule has 2 amide bonds. The Morgan fingerprint density at radius 3 is 2.68 bits per heavy atom. The average Bonchev–Trinajstić information content (AvgIpc) is 3.33. The summed E-state index contributed by atoms with van der Waals surface area (Å²) in [6.07, 6.45) is 6.36. The van der Waals surface area contributed by atoms with Gasteiger partial charge in [-0.1, -0.05) is 30.3 Å². The van der Waals surface area contributed by atoms with Gasteiger partial charge >= 0.3 is 0 Å². The number of hydrogen-bond donors (Lipinski definition) is 2. The zero-order valence-electron chi connectivity index (χ0n) is 13.5. The molecule has 7 nitrogen and oxygen atoms in total. The van der Waals surface area contributed by atoms with Crippen LogP contribution >= 0.6 is 0 Å². The average molecular weight is 338 g/mol. The van der Waals surface area contributed by atoms with Gasteiger partial charge in [0.05, 0.1) is 19.1 Å². The van der Waals surface area contributed by atoms with Crippen LogP contribution in [0.5, 0.6) is 0 Å². The van der Waals surface area contributed by atoms with Gasteiger partial charge in [0.25, 0.3) is 5.91 Å². The van der Waals surface area contributed by atoms with Gasteiger partial charge < -0.3 is 19.6 Å². The minimum atomic E-state index is -0.754. The minimum absolute atomic E-state index is 0.159. The van der Waals surface area contributed by atoms with Crippen LogP contribution in [0, 0.1) is 0 Å². The third-order valence-electron chi connectivity index (χ3n) is 3.63. The third kappa shape index (κ3) is 4.57. The van der Waals surface area contributed by atoms with E-state index < -0.39 is 11.9 Å². The lowest BCUT2D eigenvalue weighted by atomic mass is 10.2. The lowest BCUT2D eigenvalue weighted by Gasteiger charge is -2.18. The molecule has 2 N–H and O–H groups in total. The largest absolute Gasteiger partial charge is 0.459 e. The number of furan rings is 1. The highest BCUT2D eigenvalue weighted by atomic mass is 16.3. The number of benzene rings is 1. The molecule has 0 saturated carbocycles. The highest BCUT2D eigenvalue weighted by Gasteiger charge is 2.22. The zero-order valence-corrected chi connectivity index (χ0v) is 13.5. The molecule has 0 unspecified atom stereocenters. The smallest absolute Gasteiger partial charge is 0.287 e. The molecule has 128 valence electrons. The van der Waals surface area contributed by atoms with Crippen molar-refractivity contribution in [2.75, 3.05) is 0 Å². The Labute approximate surface area is 144 Å². The van der Waals surface area contributed by atoms with Gasteiger partial charge in [-0.05, 0) is 17.7 Å². The normalized spacial score (nSPS) is 11.7. The monoisotopic (exact) mass is 338 g/mol. The standard InChI is InChI=1S/C18H18N4O3/c23-17(20-11-14-5-2-1-3-6-14)15(12-22-9-8-19-13-22)21-18(24)16-7-4-10-25-16/h1-10,13,15H,11-12H2,(H,20,23)(H,21,24)/t15-/m0/s1. The van der Waals surface area contributed by atoms with E-state index in [0.29, 0.717) is 6.54 Å². The predicted molar refractivity (Wildman–Crippen MR) is 90.5 cm³/mol. The first kappa shape index (κ1) is 16.5. The van der Waals surface area contributed by atoms with Gasteiger partial charge in [0.2, 0.25) is 5.91 Å². The number of hydrogen-bond acceptors (Lipinski definition) is 4. The first-order chi connectivity index (χ1) is 12.2. The van der Waals surface area contributed by atoms with Crippen molar-refractivity contribution < 1.29 is 14.0 Å². The van der Waals surface area contributed by atoms with Crippen LogP contribution in [-0.4, -0.2) is 27.4 Å². The van der Waals surface area contributed by atoms with E-state index in [0.717, 1.165) is 5.56 Å². The number of carbonyl (C=O) groups excluding carboxylic acids is 2. The van der Waals surface area contributed by atoms with Crippen molar-refractivity contribution in [2.45, 2.75) is 19.1 Å². The van der Waals surface area contributed by atoms with E-state index in [1.165, 1.54) is 6.26 Å². The minimum Gasteiger partial charge on any atom is -0.459 e. The molecule has 25 heavy (non-hydrogen) atoms. The second-order valence-corrected chi connectivity index (χ2v) is 5.47. The lowest BCUT2D eigenvalue weighted by molar-refractivity contribution is -0.123. The van der Waals surface area contributed by atoms with Crippen molar-refractivity contribution in [3.63, 3.8) is 0 Å². The molecule has 1 atom stereocenters. The molecular weight excluding hydrogens is 320 g/mol. The van der Waals surface area contributed by atoms with Crippen molar-refractivity contribution in [2.24, 2.45) is 0 Å². The van der Waals surface area contributed by atoms with Crippen molar-refractivity contribution in [1.82, 2.24) is 20.2 Å².